The Labute approximate surface area is 103 Å². The number of ether oxygens (including phenoxy) is 1. The number of hydrogen-bond donors (Lipinski definition) is 0. The number of nitrogens with zero attached hydrogens (tertiary/aromatic N) is 2. The van der Waals surface area contributed by atoms with Crippen molar-refractivity contribution in [2.75, 3.05) is 25.6 Å². The van der Waals surface area contributed by atoms with E-state index in [0.717, 1.165) is 6.20 Å². The van der Waals surface area contributed by atoms with Gasteiger partial charge in [-0.1, -0.05) is 0 Å². The third-order valence-corrected chi connectivity index (χ3v) is 2.89. The standard InChI is InChI=1S/C11H12ClFN2O2/c12-4-10-7-15(1-2-17-10)11(16)8-3-9(13)6-14-5-8/h3,5-6,10H,1-2,4,7H2. The van der Waals surface area contributed by atoms with Gasteiger partial charge in [-0.2, -0.15) is 0 Å². The topological polar surface area (TPSA) is 42.4 Å². The van der Waals surface area contributed by atoms with Crippen LogP contribution >= 0.6 is 11.6 Å². The van der Waals surface area contributed by atoms with Crippen molar-refractivity contribution in [1.82, 2.24) is 9.88 Å². The second-order valence-electron chi connectivity index (χ2n) is 3.79. The largest absolute Gasteiger partial charge is 0.373 e. The van der Waals surface area contributed by atoms with Crippen molar-refractivity contribution >= 4 is 17.5 Å². The molecule has 92 valence electrons. The first-order chi connectivity index (χ1) is 8.20. The van der Waals surface area contributed by atoms with Crippen LogP contribution in [0.5, 0.6) is 0 Å². The molecule has 0 aromatic carbocycles. The lowest BCUT2D eigenvalue weighted by Crippen LogP contribution is -2.46. The van der Waals surface area contributed by atoms with Crippen LogP contribution in [0.25, 0.3) is 0 Å². The van der Waals surface area contributed by atoms with Crippen LogP contribution in [0.15, 0.2) is 18.5 Å². The van der Waals surface area contributed by atoms with E-state index in [2.05, 4.69) is 4.98 Å². The first kappa shape index (κ1) is 12.3. The molecule has 0 bridgehead atoms. The van der Waals surface area contributed by atoms with Gasteiger partial charge in [-0.3, -0.25) is 9.78 Å². The first-order valence-electron chi connectivity index (χ1n) is 5.28. The van der Waals surface area contributed by atoms with Gasteiger partial charge in [-0.05, 0) is 6.07 Å². The summed E-state index contributed by atoms with van der Waals surface area (Å²) >= 11 is 5.69. The summed E-state index contributed by atoms with van der Waals surface area (Å²) in [5.41, 5.74) is 0.250. The Morgan fingerprint density at radius 2 is 2.47 bits per heavy atom. The maximum Gasteiger partial charge on any atom is 0.255 e. The number of aromatic nitrogens is 1. The molecule has 0 saturated carbocycles. The summed E-state index contributed by atoms with van der Waals surface area (Å²) in [7, 11) is 0. The second-order valence-corrected chi connectivity index (χ2v) is 4.10. The van der Waals surface area contributed by atoms with E-state index >= 15 is 0 Å². The Balaban J connectivity index is 2.09. The Morgan fingerprint density at radius 1 is 1.65 bits per heavy atom. The van der Waals surface area contributed by atoms with E-state index in [1.54, 1.807) is 4.90 Å². The van der Waals surface area contributed by atoms with E-state index in [-0.39, 0.29) is 17.6 Å². The van der Waals surface area contributed by atoms with Crippen LogP contribution in [-0.2, 0) is 4.74 Å². The van der Waals surface area contributed by atoms with Crippen LogP contribution in [0.4, 0.5) is 4.39 Å². The molecular formula is C11H12ClFN2O2. The van der Waals surface area contributed by atoms with Crippen LogP contribution in [-0.4, -0.2) is 47.5 Å². The Morgan fingerprint density at radius 3 is 3.18 bits per heavy atom. The van der Waals surface area contributed by atoms with Gasteiger partial charge in [-0.15, -0.1) is 11.6 Å². The zero-order valence-electron chi connectivity index (χ0n) is 9.10. The Kier molecular flexibility index (Phi) is 3.91. The normalized spacial score (nSPS) is 20.4. The van der Waals surface area contributed by atoms with Crippen LogP contribution in [0.1, 0.15) is 10.4 Å². The number of halogens is 2. The minimum atomic E-state index is -0.516. The summed E-state index contributed by atoms with van der Waals surface area (Å²) in [5.74, 6) is -0.418. The van der Waals surface area contributed by atoms with E-state index in [1.165, 1.54) is 12.3 Å². The minimum absolute atomic E-state index is 0.157. The predicted octanol–water partition coefficient (Wildman–Crippen LogP) is 1.30. The average molecular weight is 259 g/mol. The molecule has 1 saturated heterocycles. The van der Waals surface area contributed by atoms with Gasteiger partial charge in [0.25, 0.3) is 5.91 Å². The summed E-state index contributed by atoms with van der Waals surface area (Å²) in [5, 5.41) is 0. The van der Waals surface area contributed by atoms with Gasteiger partial charge in [0, 0.05) is 19.3 Å². The molecule has 17 heavy (non-hydrogen) atoms. The van der Waals surface area contributed by atoms with Crippen molar-refractivity contribution in [2.24, 2.45) is 0 Å². The quantitative estimate of drug-likeness (QED) is 0.751. The lowest BCUT2D eigenvalue weighted by molar-refractivity contribution is -0.0108. The SMILES string of the molecule is O=C(c1cncc(F)c1)N1CCOC(CCl)C1. The summed E-state index contributed by atoms with van der Waals surface area (Å²) in [6.07, 6.45) is 2.27. The average Bonchev–Trinajstić information content (AvgIpc) is 2.38. The zero-order valence-corrected chi connectivity index (χ0v) is 9.86. The molecule has 2 rings (SSSR count). The fraction of sp³-hybridized carbons (Fsp3) is 0.455. The van der Waals surface area contributed by atoms with E-state index < -0.39 is 5.82 Å². The molecule has 0 aliphatic carbocycles. The molecule has 1 aromatic heterocycles. The van der Waals surface area contributed by atoms with Crippen LogP contribution in [0.3, 0.4) is 0 Å². The van der Waals surface area contributed by atoms with E-state index in [0.29, 0.717) is 25.6 Å². The molecule has 1 fully saturated rings. The molecule has 1 aliphatic heterocycles. The number of pyridine rings is 1. The fourth-order valence-corrected chi connectivity index (χ4v) is 1.90. The van der Waals surface area contributed by atoms with E-state index in [4.69, 9.17) is 16.3 Å². The van der Waals surface area contributed by atoms with Crippen molar-refractivity contribution in [2.45, 2.75) is 6.10 Å². The zero-order chi connectivity index (χ0) is 12.3. The van der Waals surface area contributed by atoms with E-state index in [9.17, 15) is 9.18 Å². The van der Waals surface area contributed by atoms with Crippen LogP contribution in [0, 0.1) is 5.82 Å². The second kappa shape index (κ2) is 5.42. The predicted molar refractivity (Wildman–Crippen MR) is 60.6 cm³/mol. The number of carbonyl (C=O) groups excluding carboxylic acids is 1. The molecule has 1 unspecified atom stereocenters. The Bertz CT molecular complexity index is 416. The third kappa shape index (κ3) is 2.92. The molecule has 0 radical (unpaired) electrons. The van der Waals surface area contributed by atoms with Crippen LogP contribution < -0.4 is 0 Å². The van der Waals surface area contributed by atoms with Gasteiger partial charge in [0.15, 0.2) is 0 Å². The molecule has 1 aromatic rings. The number of amides is 1. The molecule has 2 heterocycles. The number of carbonyl (C=O) groups is 1. The van der Waals surface area contributed by atoms with Gasteiger partial charge in [0.1, 0.15) is 5.82 Å². The lowest BCUT2D eigenvalue weighted by atomic mass is 10.2. The summed E-state index contributed by atoms with van der Waals surface area (Å²) in [6, 6.07) is 1.18. The summed E-state index contributed by atoms with van der Waals surface area (Å²) in [4.78, 5) is 17.3. The van der Waals surface area contributed by atoms with Crippen molar-refractivity contribution in [3.05, 3.63) is 29.8 Å². The van der Waals surface area contributed by atoms with Crippen molar-refractivity contribution in [3.63, 3.8) is 0 Å². The highest BCUT2D eigenvalue weighted by atomic mass is 35.5. The monoisotopic (exact) mass is 258 g/mol. The van der Waals surface area contributed by atoms with Crippen molar-refractivity contribution in [1.29, 1.82) is 0 Å². The van der Waals surface area contributed by atoms with Crippen molar-refractivity contribution in [3.8, 4) is 0 Å². The number of alkyl halides is 1. The fourth-order valence-electron chi connectivity index (χ4n) is 1.71. The maximum atomic E-state index is 13.0. The molecule has 4 nitrogen and oxygen atoms in total. The molecule has 1 aliphatic rings. The highest BCUT2D eigenvalue weighted by Gasteiger charge is 2.24. The van der Waals surface area contributed by atoms with Gasteiger partial charge in [-0.25, -0.2) is 4.39 Å². The first-order valence-corrected chi connectivity index (χ1v) is 5.81. The van der Waals surface area contributed by atoms with E-state index in [1.807, 2.05) is 0 Å². The van der Waals surface area contributed by atoms with Gasteiger partial charge in [0.05, 0.1) is 30.4 Å². The smallest absolute Gasteiger partial charge is 0.255 e. The molecule has 1 atom stereocenters. The highest BCUT2D eigenvalue weighted by molar-refractivity contribution is 6.18. The number of morpholine rings is 1. The third-order valence-electron chi connectivity index (χ3n) is 2.55. The molecule has 1 amide bonds. The van der Waals surface area contributed by atoms with Gasteiger partial charge < -0.3 is 9.64 Å². The molecular weight excluding hydrogens is 247 g/mol. The van der Waals surface area contributed by atoms with Crippen LogP contribution in [0.2, 0.25) is 0 Å². The lowest BCUT2D eigenvalue weighted by Gasteiger charge is -2.32. The molecule has 0 N–H and O–H groups in total. The highest BCUT2D eigenvalue weighted by Crippen LogP contribution is 2.11. The van der Waals surface area contributed by atoms with Gasteiger partial charge in [0.2, 0.25) is 0 Å². The summed E-state index contributed by atoms with van der Waals surface area (Å²) in [6.45, 7) is 1.37. The molecule has 0 spiro atoms. The summed E-state index contributed by atoms with van der Waals surface area (Å²) < 4.78 is 18.3. The number of rotatable bonds is 2. The minimum Gasteiger partial charge on any atom is -0.373 e. The number of hydrogen-bond acceptors (Lipinski definition) is 3. The molecule has 6 heteroatoms. The van der Waals surface area contributed by atoms with Gasteiger partial charge >= 0.3 is 0 Å². The maximum absolute atomic E-state index is 13.0. The van der Waals surface area contributed by atoms with Crippen molar-refractivity contribution < 1.29 is 13.9 Å². The Hall–Kier alpha value is -1.20.